The van der Waals surface area contributed by atoms with E-state index in [1.165, 1.54) is 10.5 Å². The average Bonchev–Trinajstić information content (AvgIpc) is 3.26. The van der Waals surface area contributed by atoms with Crippen molar-refractivity contribution >= 4 is 23.2 Å². The number of rotatable bonds is 3. The number of carbonyl (C=O) groups is 1. The van der Waals surface area contributed by atoms with Crippen molar-refractivity contribution in [3.63, 3.8) is 0 Å². The van der Waals surface area contributed by atoms with Gasteiger partial charge in [-0.1, -0.05) is 0 Å². The smallest absolute Gasteiger partial charge is 0.273 e. The normalized spacial score (nSPS) is 15.5. The van der Waals surface area contributed by atoms with E-state index in [0.717, 1.165) is 67.6 Å². The fourth-order valence-electron chi connectivity index (χ4n) is 4.35. The van der Waals surface area contributed by atoms with E-state index >= 15 is 0 Å². The fourth-order valence-corrected chi connectivity index (χ4v) is 4.35. The summed E-state index contributed by atoms with van der Waals surface area (Å²) in [5.74, 6) is 1.80. The number of anilines is 3. The number of amides is 1. The largest absolute Gasteiger partial charge is 0.350 e. The fraction of sp³-hybridized carbons (Fsp3) is 0.409. The van der Waals surface area contributed by atoms with E-state index in [4.69, 9.17) is 4.98 Å². The molecule has 0 aromatic carbocycles. The second-order valence-electron chi connectivity index (χ2n) is 8.32. The molecule has 0 atom stereocenters. The van der Waals surface area contributed by atoms with Crippen molar-refractivity contribution in [1.82, 2.24) is 29.9 Å². The van der Waals surface area contributed by atoms with Crippen molar-refractivity contribution in [1.29, 1.82) is 0 Å². The van der Waals surface area contributed by atoms with Gasteiger partial charge in [-0.3, -0.25) is 9.78 Å². The molecule has 0 saturated heterocycles. The molecule has 0 aliphatic carbocycles. The van der Waals surface area contributed by atoms with Gasteiger partial charge in [-0.05, 0) is 36.6 Å². The lowest BCUT2D eigenvalue weighted by Crippen LogP contribution is -2.33. The molecule has 2 aliphatic rings. The number of fused-ring (bicyclic) bond motifs is 2. The summed E-state index contributed by atoms with van der Waals surface area (Å²) in [5.41, 5.74) is 4.75. The Kier molecular flexibility index (Phi) is 4.80. The Morgan fingerprint density at radius 2 is 2.00 bits per heavy atom. The molecule has 160 valence electrons. The van der Waals surface area contributed by atoms with Crippen molar-refractivity contribution in [3.8, 4) is 0 Å². The maximum Gasteiger partial charge on any atom is 0.273 e. The SMILES string of the molecule is Cc1cc(C(=O)N(C)C)nnc1N1CCc2ncc(N3CCCn4nccc43)cc2C1. The third-order valence-corrected chi connectivity index (χ3v) is 5.94. The second-order valence-corrected chi connectivity index (χ2v) is 8.32. The van der Waals surface area contributed by atoms with Gasteiger partial charge in [0.2, 0.25) is 0 Å². The number of hydrogen-bond acceptors (Lipinski definition) is 7. The van der Waals surface area contributed by atoms with Crippen LogP contribution in [0.15, 0.2) is 30.6 Å². The third-order valence-electron chi connectivity index (χ3n) is 5.94. The van der Waals surface area contributed by atoms with Crippen LogP contribution in [0.4, 0.5) is 17.3 Å². The lowest BCUT2D eigenvalue weighted by Gasteiger charge is -2.33. The molecule has 9 nitrogen and oxygen atoms in total. The van der Waals surface area contributed by atoms with Gasteiger partial charge >= 0.3 is 0 Å². The van der Waals surface area contributed by atoms with Crippen molar-refractivity contribution in [2.75, 3.05) is 37.0 Å². The Morgan fingerprint density at radius 1 is 1.13 bits per heavy atom. The molecule has 0 N–H and O–H groups in total. The molecule has 0 radical (unpaired) electrons. The van der Waals surface area contributed by atoms with E-state index < -0.39 is 0 Å². The first-order valence-electron chi connectivity index (χ1n) is 10.6. The van der Waals surface area contributed by atoms with Gasteiger partial charge in [0, 0.05) is 58.5 Å². The summed E-state index contributed by atoms with van der Waals surface area (Å²) in [6.07, 6.45) is 5.75. The molecule has 0 saturated carbocycles. The molecule has 3 aromatic heterocycles. The predicted molar refractivity (Wildman–Crippen MR) is 118 cm³/mol. The van der Waals surface area contributed by atoms with Crippen molar-refractivity contribution < 1.29 is 4.79 Å². The third kappa shape index (κ3) is 3.49. The number of carbonyl (C=O) groups excluding carboxylic acids is 1. The zero-order valence-electron chi connectivity index (χ0n) is 18.1. The van der Waals surface area contributed by atoms with E-state index in [-0.39, 0.29) is 5.91 Å². The Balaban J connectivity index is 1.41. The van der Waals surface area contributed by atoms with Crippen LogP contribution in [0.2, 0.25) is 0 Å². The van der Waals surface area contributed by atoms with Crippen LogP contribution >= 0.6 is 0 Å². The second kappa shape index (κ2) is 7.64. The molecule has 5 rings (SSSR count). The van der Waals surface area contributed by atoms with Gasteiger partial charge in [0.05, 0.1) is 18.1 Å². The van der Waals surface area contributed by atoms with Crippen molar-refractivity contribution in [2.45, 2.75) is 32.9 Å². The highest BCUT2D eigenvalue weighted by Crippen LogP contribution is 2.32. The molecule has 0 unspecified atom stereocenters. The molecule has 1 amide bonds. The Morgan fingerprint density at radius 3 is 2.81 bits per heavy atom. The summed E-state index contributed by atoms with van der Waals surface area (Å²) in [4.78, 5) is 23.0. The molecular weight excluding hydrogens is 392 g/mol. The molecule has 3 aromatic rings. The van der Waals surface area contributed by atoms with E-state index in [2.05, 4.69) is 37.2 Å². The first kappa shape index (κ1) is 19.5. The summed E-state index contributed by atoms with van der Waals surface area (Å²) < 4.78 is 2.05. The van der Waals surface area contributed by atoms with E-state index in [1.54, 1.807) is 14.1 Å². The zero-order valence-corrected chi connectivity index (χ0v) is 18.1. The van der Waals surface area contributed by atoms with E-state index in [1.807, 2.05) is 30.1 Å². The quantitative estimate of drug-likeness (QED) is 0.645. The summed E-state index contributed by atoms with van der Waals surface area (Å²) in [7, 11) is 3.43. The highest BCUT2D eigenvalue weighted by molar-refractivity contribution is 5.92. The first-order valence-corrected chi connectivity index (χ1v) is 10.6. The summed E-state index contributed by atoms with van der Waals surface area (Å²) in [6, 6.07) is 6.12. The molecule has 5 heterocycles. The summed E-state index contributed by atoms with van der Waals surface area (Å²) in [6.45, 7) is 5.44. The molecule has 9 heteroatoms. The molecule has 0 bridgehead atoms. The molecule has 0 fully saturated rings. The van der Waals surface area contributed by atoms with E-state index in [0.29, 0.717) is 5.69 Å². The van der Waals surface area contributed by atoms with Gasteiger partial charge in [-0.2, -0.15) is 5.10 Å². The minimum absolute atomic E-state index is 0.138. The van der Waals surface area contributed by atoms with Gasteiger partial charge in [0.15, 0.2) is 11.5 Å². The van der Waals surface area contributed by atoms with Crippen LogP contribution in [0.3, 0.4) is 0 Å². The highest BCUT2D eigenvalue weighted by Gasteiger charge is 2.24. The van der Waals surface area contributed by atoms with Gasteiger partial charge < -0.3 is 14.7 Å². The number of aromatic nitrogens is 5. The molecular formula is C22H26N8O. The zero-order chi connectivity index (χ0) is 21.5. The van der Waals surface area contributed by atoms with Crippen molar-refractivity contribution in [3.05, 3.63) is 53.1 Å². The Bertz CT molecular complexity index is 1140. The van der Waals surface area contributed by atoms with Crippen LogP contribution in [-0.4, -0.2) is 63.0 Å². The molecule has 31 heavy (non-hydrogen) atoms. The molecule has 2 aliphatic heterocycles. The van der Waals surface area contributed by atoms with Gasteiger partial charge in [-0.15, -0.1) is 10.2 Å². The van der Waals surface area contributed by atoms with E-state index in [9.17, 15) is 4.79 Å². The van der Waals surface area contributed by atoms with Crippen LogP contribution in [0.25, 0.3) is 0 Å². The van der Waals surface area contributed by atoms with Crippen molar-refractivity contribution in [2.24, 2.45) is 0 Å². The molecule has 0 spiro atoms. The highest BCUT2D eigenvalue weighted by atomic mass is 16.2. The van der Waals surface area contributed by atoms with Gasteiger partial charge in [-0.25, -0.2) is 4.68 Å². The maximum atomic E-state index is 12.2. The Hall–Kier alpha value is -3.49. The number of nitrogens with zero attached hydrogens (tertiary/aromatic N) is 8. The number of hydrogen-bond donors (Lipinski definition) is 0. The number of aryl methyl sites for hydroxylation is 2. The monoisotopic (exact) mass is 418 g/mol. The predicted octanol–water partition coefficient (Wildman–Crippen LogP) is 2.18. The average molecular weight is 419 g/mol. The summed E-state index contributed by atoms with van der Waals surface area (Å²) in [5, 5.41) is 13.0. The maximum absolute atomic E-state index is 12.2. The van der Waals surface area contributed by atoms with Crippen LogP contribution in [0.5, 0.6) is 0 Å². The first-order chi connectivity index (χ1) is 15.0. The van der Waals surface area contributed by atoms with Crippen LogP contribution in [-0.2, 0) is 19.5 Å². The Labute approximate surface area is 181 Å². The topological polar surface area (TPSA) is 83.3 Å². The van der Waals surface area contributed by atoms with Gasteiger partial charge in [0.25, 0.3) is 5.91 Å². The van der Waals surface area contributed by atoms with Crippen LogP contribution in [0, 0.1) is 6.92 Å². The standard InChI is InChI=1S/C22H26N8O/c1-15-11-19(22(31)27(2)3)25-26-21(15)28-10-6-18-16(14-28)12-17(13-23-18)29-8-4-9-30-20(29)5-7-24-30/h5,7,11-13H,4,6,8-10,14H2,1-3H3. The van der Waals surface area contributed by atoms with Crippen LogP contribution in [0.1, 0.15) is 33.7 Å². The lowest BCUT2D eigenvalue weighted by molar-refractivity contribution is 0.0820. The summed E-state index contributed by atoms with van der Waals surface area (Å²) >= 11 is 0. The van der Waals surface area contributed by atoms with Crippen LogP contribution < -0.4 is 9.80 Å². The minimum Gasteiger partial charge on any atom is -0.350 e. The lowest BCUT2D eigenvalue weighted by atomic mass is 10.0. The van der Waals surface area contributed by atoms with Gasteiger partial charge in [0.1, 0.15) is 5.82 Å². The number of pyridine rings is 1. The minimum atomic E-state index is -0.138.